The van der Waals surface area contributed by atoms with Gasteiger partial charge in [0.2, 0.25) is 0 Å². The Kier molecular flexibility index (Phi) is 7.42. The van der Waals surface area contributed by atoms with Crippen LogP contribution in [0.15, 0.2) is 54.7 Å². The summed E-state index contributed by atoms with van der Waals surface area (Å²) in [5, 5.41) is 1.40. The van der Waals surface area contributed by atoms with E-state index in [9.17, 15) is 14.4 Å². The highest BCUT2D eigenvalue weighted by molar-refractivity contribution is 6.35. The fourth-order valence-corrected chi connectivity index (χ4v) is 4.73. The molecule has 0 saturated carbocycles. The van der Waals surface area contributed by atoms with Gasteiger partial charge in [-0.15, -0.1) is 0 Å². The molecule has 0 aliphatic carbocycles. The molecule has 184 valence electrons. The molecule has 0 bridgehead atoms. The van der Waals surface area contributed by atoms with Crippen LogP contribution in [0.5, 0.6) is 0 Å². The van der Waals surface area contributed by atoms with E-state index >= 15 is 0 Å². The summed E-state index contributed by atoms with van der Waals surface area (Å²) in [4.78, 5) is 35.7. The van der Waals surface area contributed by atoms with E-state index in [1.165, 1.54) is 20.8 Å². The summed E-state index contributed by atoms with van der Waals surface area (Å²) in [6, 6.07) is 15.6. The van der Waals surface area contributed by atoms with E-state index in [4.69, 9.17) is 30.5 Å². The number of carbonyl (C=O) groups excluding carboxylic acids is 3. The molecule has 35 heavy (non-hydrogen) atoms. The third-order valence-corrected chi connectivity index (χ3v) is 6.03. The summed E-state index contributed by atoms with van der Waals surface area (Å²) in [6.45, 7) is 3.66. The summed E-state index contributed by atoms with van der Waals surface area (Å²) < 4.78 is 24.3. The molecular formula is C26H26ClNO7. The Morgan fingerprint density at radius 3 is 2.23 bits per heavy atom. The lowest BCUT2D eigenvalue weighted by atomic mass is 10.0. The zero-order valence-electron chi connectivity index (χ0n) is 19.6. The number of fused-ring (bicyclic) bond motifs is 1. The van der Waals surface area contributed by atoms with Crippen LogP contribution in [-0.4, -0.2) is 47.4 Å². The molecular weight excluding hydrogens is 474 g/mol. The van der Waals surface area contributed by atoms with Crippen LogP contribution < -0.4 is 0 Å². The number of hydrogen-bond donors (Lipinski definition) is 0. The van der Waals surface area contributed by atoms with Gasteiger partial charge >= 0.3 is 17.9 Å². The van der Waals surface area contributed by atoms with Gasteiger partial charge in [0.15, 0.2) is 24.5 Å². The fourth-order valence-electron chi connectivity index (χ4n) is 4.46. The lowest BCUT2D eigenvalue weighted by Gasteiger charge is -2.41. The monoisotopic (exact) mass is 499 g/mol. The Hall–Kier alpha value is -3.36. The highest BCUT2D eigenvalue weighted by Crippen LogP contribution is 2.37. The molecule has 9 heteroatoms. The minimum absolute atomic E-state index is 0.0713. The number of halogens is 1. The lowest BCUT2D eigenvalue weighted by molar-refractivity contribution is -0.239. The van der Waals surface area contributed by atoms with Crippen molar-refractivity contribution in [2.75, 3.05) is 6.61 Å². The van der Waals surface area contributed by atoms with Crippen LogP contribution >= 0.6 is 11.6 Å². The van der Waals surface area contributed by atoms with Gasteiger partial charge in [-0.1, -0.05) is 54.1 Å². The topological polar surface area (TPSA) is 93.1 Å². The molecule has 0 radical (unpaired) electrons. The number of ether oxygens (including phenoxy) is 4. The van der Waals surface area contributed by atoms with E-state index in [0.29, 0.717) is 17.0 Å². The molecule has 1 aliphatic heterocycles. The maximum absolute atomic E-state index is 12.1. The Morgan fingerprint density at radius 2 is 1.57 bits per heavy atom. The second kappa shape index (κ2) is 10.5. The van der Waals surface area contributed by atoms with Crippen LogP contribution in [0, 0.1) is 0 Å². The minimum atomic E-state index is -1.09. The Balaban J connectivity index is 1.81. The average Bonchev–Trinajstić information content (AvgIpc) is 3.15. The average molecular weight is 500 g/mol. The molecule has 0 unspecified atom stereocenters. The fraction of sp³-hybridized carbons (Fsp3) is 0.346. The summed E-state index contributed by atoms with van der Waals surface area (Å²) >= 11 is 6.63. The standard InChI is InChI=1S/C26H26ClNO7/c1-15(29)33-22-14-32-26(25(35-17(3)31)24(22)34-16(2)30)28-13-19(12-18-8-5-4-6-9-18)20-10-7-11-21(27)23(20)28/h4-11,13,22,24-26H,12,14H2,1-3H3/t22-,24+,25-,26-/m1/s1. The second-order valence-corrected chi connectivity index (χ2v) is 8.79. The molecule has 0 N–H and O–H groups in total. The van der Waals surface area contributed by atoms with Crippen molar-refractivity contribution in [2.45, 2.75) is 51.7 Å². The first-order valence-corrected chi connectivity index (χ1v) is 11.6. The summed E-state index contributed by atoms with van der Waals surface area (Å²) in [5.41, 5.74) is 2.79. The van der Waals surface area contributed by atoms with Crippen LogP contribution in [0.25, 0.3) is 10.9 Å². The van der Waals surface area contributed by atoms with Crippen molar-refractivity contribution in [2.24, 2.45) is 0 Å². The molecule has 4 rings (SSSR count). The van der Waals surface area contributed by atoms with Crippen molar-refractivity contribution in [3.05, 3.63) is 70.9 Å². The van der Waals surface area contributed by atoms with E-state index in [-0.39, 0.29) is 6.61 Å². The molecule has 0 amide bonds. The van der Waals surface area contributed by atoms with Crippen molar-refractivity contribution in [3.8, 4) is 0 Å². The molecule has 1 aliphatic rings. The third kappa shape index (κ3) is 5.49. The molecule has 2 aromatic carbocycles. The summed E-state index contributed by atoms with van der Waals surface area (Å²) in [6.07, 6.45) is -1.46. The normalized spacial score (nSPS) is 21.9. The Morgan fingerprint density at radius 1 is 0.914 bits per heavy atom. The molecule has 4 atom stereocenters. The predicted octanol–water partition coefficient (Wildman–Crippen LogP) is 4.21. The molecule has 2 heterocycles. The van der Waals surface area contributed by atoms with Gasteiger partial charge in [0, 0.05) is 32.4 Å². The van der Waals surface area contributed by atoms with Gasteiger partial charge in [-0.25, -0.2) is 0 Å². The van der Waals surface area contributed by atoms with E-state index in [1.807, 2.05) is 48.7 Å². The van der Waals surface area contributed by atoms with Crippen molar-refractivity contribution in [3.63, 3.8) is 0 Å². The van der Waals surface area contributed by atoms with Crippen LogP contribution in [0.1, 0.15) is 38.1 Å². The van der Waals surface area contributed by atoms with Gasteiger partial charge in [-0.2, -0.15) is 0 Å². The van der Waals surface area contributed by atoms with Crippen LogP contribution in [0.2, 0.25) is 5.02 Å². The number of esters is 3. The van der Waals surface area contributed by atoms with Crippen molar-refractivity contribution >= 4 is 40.4 Å². The van der Waals surface area contributed by atoms with Crippen molar-refractivity contribution in [1.82, 2.24) is 4.57 Å². The maximum atomic E-state index is 12.1. The number of carbonyl (C=O) groups is 3. The van der Waals surface area contributed by atoms with Gasteiger partial charge in [-0.05, 0) is 23.6 Å². The van der Waals surface area contributed by atoms with Gasteiger partial charge in [0.1, 0.15) is 0 Å². The van der Waals surface area contributed by atoms with E-state index in [1.54, 1.807) is 10.6 Å². The third-order valence-electron chi connectivity index (χ3n) is 5.72. The van der Waals surface area contributed by atoms with Crippen molar-refractivity contribution in [1.29, 1.82) is 0 Å². The number of hydrogen-bond acceptors (Lipinski definition) is 7. The highest BCUT2D eigenvalue weighted by Gasteiger charge is 2.48. The Bertz CT molecular complexity index is 1240. The number of para-hydroxylation sites is 1. The van der Waals surface area contributed by atoms with Crippen LogP contribution in [0.4, 0.5) is 0 Å². The molecule has 8 nitrogen and oxygen atoms in total. The smallest absolute Gasteiger partial charge is 0.303 e. The number of aromatic nitrogens is 1. The summed E-state index contributed by atoms with van der Waals surface area (Å²) in [7, 11) is 0. The van der Waals surface area contributed by atoms with E-state index in [2.05, 4.69) is 0 Å². The largest absolute Gasteiger partial charge is 0.456 e. The van der Waals surface area contributed by atoms with Crippen LogP contribution in [0.3, 0.4) is 0 Å². The number of benzene rings is 2. The highest BCUT2D eigenvalue weighted by atomic mass is 35.5. The quantitative estimate of drug-likeness (QED) is 0.370. The van der Waals surface area contributed by atoms with Gasteiger partial charge in [-0.3, -0.25) is 14.4 Å². The molecule has 3 aromatic rings. The SMILES string of the molecule is CC(=O)O[C@@H]1[C@@H](OC(C)=O)[C@H](OC(C)=O)CO[C@H]1n1cc(Cc2ccccc2)c2cccc(Cl)c21. The maximum Gasteiger partial charge on any atom is 0.303 e. The van der Waals surface area contributed by atoms with Gasteiger partial charge in [0.25, 0.3) is 0 Å². The number of rotatable bonds is 6. The first-order chi connectivity index (χ1) is 16.7. The first-order valence-electron chi connectivity index (χ1n) is 11.2. The molecule has 1 aromatic heterocycles. The lowest BCUT2D eigenvalue weighted by Crippen LogP contribution is -2.55. The zero-order valence-corrected chi connectivity index (χ0v) is 20.4. The van der Waals surface area contributed by atoms with Gasteiger partial charge < -0.3 is 23.5 Å². The van der Waals surface area contributed by atoms with Crippen LogP contribution in [-0.2, 0) is 39.8 Å². The molecule has 1 fully saturated rings. The van der Waals surface area contributed by atoms with Crippen molar-refractivity contribution < 1.29 is 33.3 Å². The minimum Gasteiger partial charge on any atom is -0.456 e. The van der Waals surface area contributed by atoms with E-state index in [0.717, 1.165) is 16.5 Å². The zero-order chi connectivity index (χ0) is 25.1. The first kappa shape index (κ1) is 24.8. The summed E-state index contributed by atoms with van der Waals surface area (Å²) in [5.74, 6) is -1.78. The second-order valence-electron chi connectivity index (χ2n) is 8.38. The number of nitrogens with zero attached hydrogens (tertiary/aromatic N) is 1. The predicted molar refractivity (Wildman–Crippen MR) is 128 cm³/mol. The molecule has 1 saturated heterocycles. The molecule has 0 spiro atoms. The van der Waals surface area contributed by atoms with E-state index < -0.39 is 42.4 Å². The van der Waals surface area contributed by atoms with Gasteiger partial charge in [0.05, 0.1) is 17.1 Å². The Labute approximate surface area is 207 Å².